The molecular weight excluding hydrogens is 198 g/mol. The normalized spacial score (nSPS) is 9.62. The van der Waals surface area contributed by atoms with Gasteiger partial charge in [0.05, 0.1) is 0 Å². The molecule has 0 aliphatic heterocycles. The fourth-order valence-electron chi connectivity index (χ4n) is 1.53. The molecule has 0 aromatic heterocycles. The first-order valence-electron chi connectivity index (χ1n) is 5.26. The van der Waals surface area contributed by atoms with Gasteiger partial charge in [-0.2, -0.15) is 0 Å². The summed E-state index contributed by atoms with van der Waals surface area (Å²) >= 11 is 0. The van der Waals surface area contributed by atoms with E-state index in [2.05, 4.69) is 20.1 Å². The van der Waals surface area contributed by atoms with Crippen LogP contribution in [-0.4, -0.2) is 5.90 Å². The smallest absolute Gasteiger partial charge is 0.184 e. The van der Waals surface area contributed by atoms with Crippen LogP contribution in [0.3, 0.4) is 0 Å². The van der Waals surface area contributed by atoms with Gasteiger partial charge in [-0.15, -0.1) is 0 Å². The SMILES string of the molecule is C=Cc1ccc(C(=C)OC(C)=N)cc1CC. The topological polar surface area (TPSA) is 33.1 Å². The van der Waals surface area contributed by atoms with Gasteiger partial charge >= 0.3 is 0 Å². The molecule has 0 radical (unpaired) electrons. The van der Waals surface area contributed by atoms with Crippen LogP contribution in [0, 0.1) is 5.41 Å². The van der Waals surface area contributed by atoms with Crippen molar-refractivity contribution < 1.29 is 4.74 Å². The maximum atomic E-state index is 7.25. The fraction of sp³-hybridized carbons (Fsp3) is 0.214. The Morgan fingerprint density at radius 2 is 2.19 bits per heavy atom. The van der Waals surface area contributed by atoms with Gasteiger partial charge in [-0.25, -0.2) is 0 Å². The maximum Gasteiger partial charge on any atom is 0.184 e. The molecule has 84 valence electrons. The van der Waals surface area contributed by atoms with Crippen LogP contribution < -0.4 is 0 Å². The van der Waals surface area contributed by atoms with Gasteiger partial charge in [-0.05, 0) is 23.6 Å². The molecule has 0 fully saturated rings. The van der Waals surface area contributed by atoms with Gasteiger partial charge in [0.15, 0.2) is 5.90 Å². The Labute approximate surface area is 96.8 Å². The summed E-state index contributed by atoms with van der Waals surface area (Å²) in [6.07, 6.45) is 2.78. The van der Waals surface area contributed by atoms with E-state index in [9.17, 15) is 0 Å². The van der Waals surface area contributed by atoms with Crippen LogP contribution in [0.25, 0.3) is 11.8 Å². The molecule has 16 heavy (non-hydrogen) atoms. The van der Waals surface area contributed by atoms with Crippen molar-refractivity contribution in [3.05, 3.63) is 48.0 Å². The van der Waals surface area contributed by atoms with Crippen LogP contribution in [0.4, 0.5) is 0 Å². The van der Waals surface area contributed by atoms with Crippen molar-refractivity contribution in [2.24, 2.45) is 0 Å². The zero-order valence-corrected chi connectivity index (χ0v) is 9.84. The summed E-state index contributed by atoms with van der Waals surface area (Å²) in [5, 5.41) is 7.25. The minimum Gasteiger partial charge on any atom is -0.444 e. The highest BCUT2D eigenvalue weighted by molar-refractivity contribution is 5.77. The van der Waals surface area contributed by atoms with Crippen LogP contribution in [0.15, 0.2) is 31.4 Å². The molecule has 1 N–H and O–H groups in total. The van der Waals surface area contributed by atoms with E-state index >= 15 is 0 Å². The highest BCUT2D eigenvalue weighted by Crippen LogP contribution is 2.20. The van der Waals surface area contributed by atoms with Gasteiger partial charge in [-0.3, -0.25) is 5.41 Å². The largest absolute Gasteiger partial charge is 0.444 e. The molecule has 0 saturated carbocycles. The third-order valence-corrected chi connectivity index (χ3v) is 2.34. The van der Waals surface area contributed by atoms with E-state index in [1.54, 1.807) is 6.92 Å². The third-order valence-electron chi connectivity index (χ3n) is 2.34. The molecule has 0 saturated heterocycles. The maximum absolute atomic E-state index is 7.25. The van der Waals surface area contributed by atoms with Crippen molar-refractivity contribution in [2.45, 2.75) is 20.3 Å². The van der Waals surface area contributed by atoms with Crippen LogP contribution in [0.1, 0.15) is 30.5 Å². The zero-order chi connectivity index (χ0) is 12.1. The summed E-state index contributed by atoms with van der Waals surface area (Å²) in [6, 6.07) is 5.96. The Kier molecular flexibility index (Phi) is 4.06. The van der Waals surface area contributed by atoms with Gasteiger partial charge in [0.2, 0.25) is 0 Å². The number of hydrogen-bond donors (Lipinski definition) is 1. The molecule has 0 amide bonds. The molecule has 0 spiro atoms. The summed E-state index contributed by atoms with van der Waals surface area (Å²) < 4.78 is 5.17. The lowest BCUT2D eigenvalue weighted by molar-refractivity contribution is 0.500. The second-order valence-electron chi connectivity index (χ2n) is 3.55. The molecule has 0 atom stereocenters. The molecule has 1 aromatic carbocycles. The van der Waals surface area contributed by atoms with E-state index in [4.69, 9.17) is 10.1 Å². The molecule has 0 unspecified atom stereocenters. The molecular formula is C14H17NO. The summed E-state index contributed by atoms with van der Waals surface area (Å²) in [5.41, 5.74) is 3.25. The number of aryl methyl sites for hydroxylation is 1. The molecule has 0 heterocycles. The lowest BCUT2D eigenvalue weighted by Crippen LogP contribution is -1.97. The molecule has 0 aliphatic rings. The average molecular weight is 215 g/mol. The number of rotatable bonds is 4. The molecule has 2 heteroatoms. The van der Waals surface area contributed by atoms with E-state index in [1.165, 1.54) is 5.56 Å². The predicted octanol–water partition coefficient (Wildman–Crippen LogP) is 3.88. The van der Waals surface area contributed by atoms with Crippen molar-refractivity contribution in [2.75, 3.05) is 0 Å². The summed E-state index contributed by atoms with van der Waals surface area (Å²) in [6.45, 7) is 11.3. The van der Waals surface area contributed by atoms with Crippen molar-refractivity contribution >= 4 is 17.7 Å². The lowest BCUT2D eigenvalue weighted by atomic mass is 10.0. The third kappa shape index (κ3) is 2.83. The van der Waals surface area contributed by atoms with Crippen molar-refractivity contribution in [3.63, 3.8) is 0 Å². The molecule has 0 bridgehead atoms. The highest BCUT2D eigenvalue weighted by atomic mass is 16.5. The first-order chi connectivity index (χ1) is 7.58. The Hall–Kier alpha value is -1.83. The molecule has 1 aromatic rings. The van der Waals surface area contributed by atoms with Gasteiger partial charge in [0, 0.05) is 12.5 Å². The lowest BCUT2D eigenvalue weighted by Gasteiger charge is -2.10. The Morgan fingerprint density at radius 3 is 2.69 bits per heavy atom. The molecule has 0 aliphatic carbocycles. The monoisotopic (exact) mass is 215 g/mol. The first-order valence-corrected chi connectivity index (χ1v) is 5.26. The molecule has 2 nitrogen and oxygen atoms in total. The number of nitrogens with one attached hydrogen (secondary N) is 1. The van der Waals surface area contributed by atoms with Crippen LogP contribution in [-0.2, 0) is 11.2 Å². The Balaban J connectivity index is 3.03. The van der Waals surface area contributed by atoms with E-state index in [1.807, 2.05) is 24.3 Å². The highest BCUT2D eigenvalue weighted by Gasteiger charge is 2.04. The minimum absolute atomic E-state index is 0.149. The molecule has 1 rings (SSSR count). The average Bonchev–Trinajstić information content (AvgIpc) is 2.27. The fourth-order valence-corrected chi connectivity index (χ4v) is 1.53. The van der Waals surface area contributed by atoms with Gasteiger partial charge in [0.25, 0.3) is 0 Å². The standard InChI is InChI=1S/C14H17NO/c1-5-12-7-8-14(9-13(12)6-2)10(3)16-11(4)15/h5,7-9,15H,1,3,6H2,2,4H3. The van der Waals surface area contributed by atoms with Crippen molar-refractivity contribution in [3.8, 4) is 0 Å². The Morgan fingerprint density at radius 1 is 1.50 bits per heavy atom. The summed E-state index contributed by atoms with van der Waals surface area (Å²) in [7, 11) is 0. The van der Waals surface area contributed by atoms with Crippen LogP contribution in [0.5, 0.6) is 0 Å². The zero-order valence-electron chi connectivity index (χ0n) is 9.84. The van der Waals surface area contributed by atoms with Crippen molar-refractivity contribution in [1.29, 1.82) is 5.41 Å². The Bertz CT molecular complexity index is 432. The number of ether oxygens (including phenoxy) is 1. The van der Waals surface area contributed by atoms with Crippen molar-refractivity contribution in [1.82, 2.24) is 0 Å². The van der Waals surface area contributed by atoms with E-state index in [0.717, 1.165) is 17.5 Å². The second-order valence-corrected chi connectivity index (χ2v) is 3.55. The van der Waals surface area contributed by atoms with E-state index in [0.29, 0.717) is 5.76 Å². The predicted molar refractivity (Wildman–Crippen MR) is 69.4 cm³/mol. The van der Waals surface area contributed by atoms with Crippen LogP contribution in [0.2, 0.25) is 0 Å². The van der Waals surface area contributed by atoms with Crippen LogP contribution >= 0.6 is 0 Å². The quantitative estimate of drug-likeness (QED) is 0.461. The van der Waals surface area contributed by atoms with E-state index < -0.39 is 0 Å². The minimum atomic E-state index is 0.149. The number of benzene rings is 1. The first kappa shape index (κ1) is 12.2. The van der Waals surface area contributed by atoms with Gasteiger partial charge in [0.1, 0.15) is 5.76 Å². The van der Waals surface area contributed by atoms with Gasteiger partial charge in [-0.1, -0.05) is 38.3 Å². The summed E-state index contributed by atoms with van der Waals surface area (Å²) in [5.74, 6) is 0.661. The van der Waals surface area contributed by atoms with Gasteiger partial charge < -0.3 is 4.74 Å². The second kappa shape index (κ2) is 5.31. The van der Waals surface area contributed by atoms with E-state index in [-0.39, 0.29) is 5.90 Å². The summed E-state index contributed by atoms with van der Waals surface area (Å²) in [4.78, 5) is 0. The number of hydrogen-bond acceptors (Lipinski definition) is 2.